The molecule has 1 saturated heterocycles. The molecule has 4 N–H and O–H groups in total. The zero-order valence-electron chi connectivity index (χ0n) is 19.1. The SMILES string of the molecule is C=CC(C)NC(=NCc1ccc(CN2CCC(C(N)=O)CC2)cc1)NCc1ccc(C)s1. The summed E-state index contributed by atoms with van der Waals surface area (Å²) in [4.78, 5) is 21.1. The van der Waals surface area contributed by atoms with Crippen LogP contribution in [-0.4, -0.2) is 35.9 Å². The van der Waals surface area contributed by atoms with Crippen molar-refractivity contribution in [1.82, 2.24) is 15.5 Å². The third-order valence-corrected chi connectivity index (χ3v) is 6.78. The van der Waals surface area contributed by atoms with Gasteiger partial charge in [0.1, 0.15) is 0 Å². The Balaban J connectivity index is 1.53. The van der Waals surface area contributed by atoms with E-state index in [9.17, 15) is 4.79 Å². The van der Waals surface area contributed by atoms with E-state index in [0.29, 0.717) is 6.54 Å². The number of hydrogen-bond donors (Lipinski definition) is 3. The van der Waals surface area contributed by atoms with Crippen LogP contribution in [0.15, 0.2) is 54.0 Å². The second-order valence-electron chi connectivity index (χ2n) is 8.47. The highest BCUT2D eigenvalue weighted by Crippen LogP contribution is 2.19. The van der Waals surface area contributed by atoms with E-state index in [1.807, 2.05) is 6.08 Å². The number of piperidine rings is 1. The molecule has 0 spiro atoms. The number of benzene rings is 1. The molecule has 172 valence electrons. The number of carbonyl (C=O) groups excluding carboxylic acids is 1. The van der Waals surface area contributed by atoms with Crippen molar-refractivity contribution in [2.24, 2.45) is 16.6 Å². The molecule has 6 nitrogen and oxygen atoms in total. The van der Waals surface area contributed by atoms with Gasteiger partial charge in [0.15, 0.2) is 5.96 Å². The van der Waals surface area contributed by atoms with Gasteiger partial charge >= 0.3 is 0 Å². The number of aliphatic imine (C=N–C) groups is 1. The first-order chi connectivity index (χ1) is 15.4. The predicted octanol–water partition coefficient (Wildman–Crippen LogP) is 3.56. The molecule has 7 heteroatoms. The van der Waals surface area contributed by atoms with Gasteiger partial charge in [-0.05, 0) is 63.0 Å². The van der Waals surface area contributed by atoms with Gasteiger partial charge in [-0.25, -0.2) is 4.99 Å². The van der Waals surface area contributed by atoms with Gasteiger partial charge < -0.3 is 16.4 Å². The van der Waals surface area contributed by atoms with Gasteiger partial charge in [0.25, 0.3) is 0 Å². The summed E-state index contributed by atoms with van der Waals surface area (Å²) in [6.07, 6.45) is 3.59. The zero-order valence-corrected chi connectivity index (χ0v) is 20.0. The molecule has 32 heavy (non-hydrogen) atoms. The van der Waals surface area contributed by atoms with Crippen molar-refractivity contribution in [2.45, 2.75) is 52.4 Å². The molecule has 0 aliphatic carbocycles. The van der Waals surface area contributed by atoms with Crippen molar-refractivity contribution in [3.05, 3.63) is 69.9 Å². The van der Waals surface area contributed by atoms with E-state index in [2.05, 4.69) is 72.4 Å². The topological polar surface area (TPSA) is 82.8 Å². The number of guanidine groups is 1. The van der Waals surface area contributed by atoms with Crippen molar-refractivity contribution in [2.75, 3.05) is 13.1 Å². The third-order valence-electron chi connectivity index (χ3n) is 5.78. The largest absolute Gasteiger partial charge is 0.369 e. The minimum atomic E-state index is -0.161. The summed E-state index contributed by atoms with van der Waals surface area (Å²) in [5, 5.41) is 6.80. The van der Waals surface area contributed by atoms with Crippen LogP contribution in [0, 0.1) is 12.8 Å². The molecule has 1 amide bonds. The van der Waals surface area contributed by atoms with Gasteiger partial charge in [0.05, 0.1) is 13.1 Å². The average Bonchev–Trinajstić information content (AvgIpc) is 3.22. The predicted molar refractivity (Wildman–Crippen MR) is 133 cm³/mol. The first kappa shape index (κ1) is 24.0. The summed E-state index contributed by atoms with van der Waals surface area (Å²) >= 11 is 1.79. The molecule has 3 rings (SSSR count). The molecule has 1 aromatic carbocycles. The summed E-state index contributed by atoms with van der Waals surface area (Å²) in [5.41, 5.74) is 7.88. The fourth-order valence-electron chi connectivity index (χ4n) is 3.73. The minimum Gasteiger partial charge on any atom is -0.369 e. The first-order valence-electron chi connectivity index (χ1n) is 11.2. The number of nitrogens with zero attached hydrogens (tertiary/aromatic N) is 2. The van der Waals surface area contributed by atoms with Gasteiger partial charge in [0.2, 0.25) is 5.91 Å². The number of hydrogen-bond acceptors (Lipinski definition) is 4. The zero-order chi connectivity index (χ0) is 22.9. The Morgan fingerprint density at radius 3 is 2.53 bits per heavy atom. The lowest BCUT2D eigenvalue weighted by molar-refractivity contribution is -0.123. The van der Waals surface area contributed by atoms with Crippen molar-refractivity contribution in [3.63, 3.8) is 0 Å². The Labute approximate surface area is 195 Å². The molecule has 0 saturated carbocycles. The monoisotopic (exact) mass is 453 g/mol. The van der Waals surface area contributed by atoms with Gasteiger partial charge in [-0.3, -0.25) is 9.69 Å². The fourth-order valence-corrected chi connectivity index (χ4v) is 4.56. The van der Waals surface area contributed by atoms with Gasteiger partial charge in [-0.15, -0.1) is 17.9 Å². The second-order valence-corrected chi connectivity index (χ2v) is 9.84. The summed E-state index contributed by atoms with van der Waals surface area (Å²) in [6, 6.07) is 13.1. The third kappa shape index (κ3) is 7.50. The number of carbonyl (C=O) groups is 1. The van der Waals surface area contributed by atoms with Gasteiger partial charge in [-0.2, -0.15) is 0 Å². The number of rotatable bonds is 9. The van der Waals surface area contributed by atoms with Crippen molar-refractivity contribution >= 4 is 23.2 Å². The van der Waals surface area contributed by atoms with Crippen LogP contribution < -0.4 is 16.4 Å². The summed E-state index contributed by atoms with van der Waals surface area (Å²) in [7, 11) is 0. The van der Waals surface area contributed by atoms with Gasteiger partial charge in [-0.1, -0.05) is 30.3 Å². The maximum Gasteiger partial charge on any atom is 0.220 e. The molecule has 1 aliphatic heterocycles. The highest BCUT2D eigenvalue weighted by Gasteiger charge is 2.22. The quantitative estimate of drug-likeness (QED) is 0.308. The molecule has 1 fully saturated rings. The molecule has 1 atom stereocenters. The van der Waals surface area contributed by atoms with Crippen molar-refractivity contribution in [3.8, 4) is 0 Å². The van der Waals surface area contributed by atoms with E-state index < -0.39 is 0 Å². The Morgan fingerprint density at radius 2 is 1.94 bits per heavy atom. The minimum absolute atomic E-state index is 0.0375. The van der Waals surface area contributed by atoms with Crippen LogP contribution in [0.3, 0.4) is 0 Å². The Hall–Kier alpha value is -2.64. The molecule has 2 heterocycles. The first-order valence-corrected chi connectivity index (χ1v) is 12.1. The van der Waals surface area contributed by atoms with E-state index in [1.165, 1.54) is 20.9 Å². The van der Waals surface area contributed by atoms with Gasteiger partial charge in [0, 0.05) is 28.3 Å². The lowest BCUT2D eigenvalue weighted by Gasteiger charge is -2.30. The lowest BCUT2D eigenvalue weighted by Crippen LogP contribution is -2.41. The van der Waals surface area contributed by atoms with Crippen LogP contribution in [0.2, 0.25) is 0 Å². The van der Waals surface area contributed by atoms with E-state index in [1.54, 1.807) is 11.3 Å². The maximum atomic E-state index is 11.3. The number of thiophene rings is 1. The fraction of sp³-hybridized carbons (Fsp3) is 0.440. The Bertz CT molecular complexity index is 913. The number of likely N-dealkylation sites (tertiary alicyclic amines) is 1. The molecule has 1 unspecified atom stereocenters. The molecule has 0 radical (unpaired) electrons. The molecular formula is C25H35N5OS. The normalized spacial score (nSPS) is 16.5. The van der Waals surface area contributed by atoms with Crippen LogP contribution in [0.4, 0.5) is 0 Å². The van der Waals surface area contributed by atoms with Crippen LogP contribution in [0.1, 0.15) is 40.6 Å². The highest BCUT2D eigenvalue weighted by molar-refractivity contribution is 7.11. The van der Waals surface area contributed by atoms with Crippen LogP contribution in [-0.2, 0) is 24.4 Å². The standard InChI is InChI=1S/C25H35N5OS/c1-4-18(2)29-25(28-16-23-10-5-19(3)32-23)27-15-20-6-8-21(9-7-20)17-30-13-11-22(12-14-30)24(26)31/h4-10,18,22H,1,11-17H2,2-3H3,(H2,26,31)(H2,27,28,29). The molecule has 1 aliphatic rings. The number of aryl methyl sites for hydroxylation is 1. The Morgan fingerprint density at radius 1 is 1.25 bits per heavy atom. The smallest absolute Gasteiger partial charge is 0.220 e. The molecule has 1 aromatic heterocycles. The average molecular weight is 454 g/mol. The number of amides is 1. The number of primary amides is 1. The van der Waals surface area contributed by atoms with E-state index in [-0.39, 0.29) is 17.9 Å². The van der Waals surface area contributed by atoms with E-state index >= 15 is 0 Å². The molecule has 0 bridgehead atoms. The van der Waals surface area contributed by atoms with Crippen LogP contribution in [0.25, 0.3) is 0 Å². The van der Waals surface area contributed by atoms with Crippen LogP contribution in [0.5, 0.6) is 0 Å². The summed E-state index contributed by atoms with van der Waals surface area (Å²) in [5.74, 6) is 0.659. The second kappa shape index (κ2) is 11.8. The summed E-state index contributed by atoms with van der Waals surface area (Å²) < 4.78 is 0. The van der Waals surface area contributed by atoms with E-state index in [4.69, 9.17) is 10.7 Å². The van der Waals surface area contributed by atoms with E-state index in [0.717, 1.165) is 45.0 Å². The molecular weight excluding hydrogens is 418 g/mol. The van der Waals surface area contributed by atoms with Crippen LogP contribution >= 0.6 is 11.3 Å². The summed E-state index contributed by atoms with van der Waals surface area (Å²) in [6.45, 7) is 12.1. The van der Waals surface area contributed by atoms with Crippen molar-refractivity contribution < 1.29 is 4.79 Å². The number of nitrogens with one attached hydrogen (secondary N) is 2. The van der Waals surface area contributed by atoms with Crippen molar-refractivity contribution in [1.29, 1.82) is 0 Å². The highest BCUT2D eigenvalue weighted by atomic mass is 32.1. The lowest BCUT2D eigenvalue weighted by atomic mass is 9.96. The Kier molecular flexibility index (Phi) is 8.88. The number of nitrogens with two attached hydrogens (primary N) is 1. The molecule has 2 aromatic rings. The maximum absolute atomic E-state index is 11.3.